The zero-order valence-corrected chi connectivity index (χ0v) is 15.5. The molecule has 0 radical (unpaired) electrons. The number of aryl methyl sites for hydroxylation is 1. The molecule has 1 heterocycles. The van der Waals surface area contributed by atoms with Crippen molar-refractivity contribution in [2.45, 2.75) is 24.3 Å². The largest absolute Gasteiger partial charge is 0.495 e. The van der Waals surface area contributed by atoms with Gasteiger partial charge in [0.25, 0.3) is 0 Å². The van der Waals surface area contributed by atoms with Gasteiger partial charge in [-0.2, -0.15) is 4.68 Å². The number of tetrazole rings is 1. The van der Waals surface area contributed by atoms with Crippen molar-refractivity contribution in [3.8, 4) is 11.4 Å². The maximum atomic E-state index is 12.6. The minimum absolute atomic E-state index is 0.151. The number of nitrogens with zero attached hydrogens (tertiary/aromatic N) is 4. The van der Waals surface area contributed by atoms with Crippen molar-refractivity contribution in [3.63, 3.8) is 0 Å². The number of amides is 1. The van der Waals surface area contributed by atoms with Crippen molar-refractivity contribution in [1.29, 1.82) is 0 Å². The van der Waals surface area contributed by atoms with Gasteiger partial charge in [-0.05, 0) is 54.1 Å². The van der Waals surface area contributed by atoms with Crippen molar-refractivity contribution in [3.05, 3.63) is 54.1 Å². The summed E-state index contributed by atoms with van der Waals surface area (Å²) in [6.07, 6.45) is 0. The fourth-order valence-electron chi connectivity index (χ4n) is 2.35. The van der Waals surface area contributed by atoms with Crippen LogP contribution in [0.5, 0.6) is 5.75 Å². The van der Waals surface area contributed by atoms with Crippen molar-refractivity contribution < 1.29 is 9.53 Å². The highest BCUT2D eigenvalue weighted by atomic mass is 32.2. The van der Waals surface area contributed by atoms with Crippen LogP contribution in [0.4, 0.5) is 5.69 Å². The first-order valence-electron chi connectivity index (χ1n) is 8.04. The van der Waals surface area contributed by atoms with E-state index >= 15 is 0 Å². The van der Waals surface area contributed by atoms with Crippen LogP contribution in [0.1, 0.15) is 12.5 Å². The van der Waals surface area contributed by atoms with Crippen molar-refractivity contribution in [2.24, 2.45) is 0 Å². The van der Waals surface area contributed by atoms with E-state index in [4.69, 9.17) is 4.74 Å². The lowest BCUT2D eigenvalue weighted by atomic mass is 10.2. The van der Waals surface area contributed by atoms with Crippen LogP contribution in [0.25, 0.3) is 5.69 Å². The molecular formula is C18H19N5O2S. The van der Waals surface area contributed by atoms with Crippen LogP contribution in [0.2, 0.25) is 0 Å². The van der Waals surface area contributed by atoms with Crippen LogP contribution in [0.15, 0.2) is 53.7 Å². The monoisotopic (exact) mass is 369 g/mol. The van der Waals surface area contributed by atoms with Crippen LogP contribution in [-0.2, 0) is 4.79 Å². The third-order valence-corrected chi connectivity index (χ3v) is 4.74. The first kappa shape index (κ1) is 17.9. The summed E-state index contributed by atoms with van der Waals surface area (Å²) in [6.45, 7) is 3.77. The molecule has 2 aromatic carbocycles. The average molecular weight is 369 g/mol. The number of ether oxygens (including phenoxy) is 1. The second kappa shape index (κ2) is 8.01. The van der Waals surface area contributed by atoms with Gasteiger partial charge in [0.1, 0.15) is 5.75 Å². The van der Waals surface area contributed by atoms with Gasteiger partial charge < -0.3 is 10.1 Å². The second-order valence-corrected chi connectivity index (χ2v) is 6.97. The highest BCUT2D eigenvalue weighted by Gasteiger charge is 2.20. The lowest BCUT2D eigenvalue weighted by Gasteiger charge is -2.14. The van der Waals surface area contributed by atoms with Crippen molar-refractivity contribution in [2.75, 3.05) is 12.4 Å². The molecule has 1 aromatic heterocycles. The number of thioether (sulfide) groups is 1. The molecule has 1 amide bonds. The van der Waals surface area contributed by atoms with E-state index in [0.717, 1.165) is 11.3 Å². The minimum atomic E-state index is -0.395. The number of methoxy groups -OCH3 is 1. The molecule has 0 aliphatic rings. The third-order valence-electron chi connectivity index (χ3n) is 3.71. The Bertz CT molecular complexity index is 898. The quantitative estimate of drug-likeness (QED) is 0.673. The Morgan fingerprint density at radius 2 is 2.00 bits per heavy atom. The van der Waals surface area contributed by atoms with Crippen LogP contribution in [0, 0.1) is 6.92 Å². The zero-order valence-electron chi connectivity index (χ0n) is 14.7. The minimum Gasteiger partial charge on any atom is -0.495 e. The molecule has 0 spiro atoms. The Hall–Kier alpha value is -2.87. The van der Waals surface area contributed by atoms with Gasteiger partial charge in [0.15, 0.2) is 0 Å². The van der Waals surface area contributed by atoms with E-state index in [-0.39, 0.29) is 5.91 Å². The third kappa shape index (κ3) is 4.02. The molecule has 3 rings (SSSR count). The van der Waals surface area contributed by atoms with Gasteiger partial charge in [-0.1, -0.05) is 36.0 Å². The summed E-state index contributed by atoms with van der Waals surface area (Å²) >= 11 is 1.29. The molecular weight excluding hydrogens is 350 g/mol. The molecule has 0 saturated heterocycles. The summed E-state index contributed by atoms with van der Waals surface area (Å²) in [6, 6.07) is 15.2. The normalized spacial score (nSPS) is 11.8. The Labute approximate surface area is 155 Å². The summed E-state index contributed by atoms with van der Waals surface area (Å²) in [4.78, 5) is 12.6. The molecule has 3 aromatic rings. The van der Waals surface area contributed by atoms with E-state index in [1.54, 1.807) is 11.8 Å². The van der Waals surface area contributed by atoms with E-state index in [9.17, 15) is 4.79 Å². The van der Waals surface area contributed by atoms with Gasteiger partial charge in [-0.3, -0.25) is 4.79 Å². The second-order valence-electron chi connectivity index (χ2n) is 5.66. The first-order chi connectivity index (χ1) is 12.6. The lowest BCUT2D eigenvalue weighted by molar-refractivity contribution is -0.115. The summed E-state index contributed by atoms with van der Waals surface area (Å²) < 4.78 is 6.92. The fraction of sp³-hybridized carbons (Fsp3) is 0.222. The maximum absolute atomic E-state index is 12.6. The van der Waals surface area contributed by atoms with E-state index in [1.807, 2.05) is 62.4 Å². The summed E-state index contributed by atoms with van der Waals surface area (Å²) in [5, 5.41) is 14.8. The highest BCUT2D eigenvalue weighted by Crippen LogP contribution is 2.28. The van der Waals surface area contributed by atoms with E-state index < -0.39 is 5.25 Å². The Balaban J connectivity index is 1.73. The standard InChI is InChI=1S/C18H19N5O2S/c1-12-9-10-16(25-3)15(11-12)19-17(24)13(2)26-18-20-21-22-23(18)14-7-5-4-6-8-14/h4-11,13H,1-3H3,(H,19,24). The Morgan fingerprint density at radius 1 is 1.23 bits per heavy atom. The molecule has 0 aliphatic heterocycles. The van der Waals surface area contributed by atoms with Crippen LogP contribution >= 0.6 is 11.8 Å². The van der Waals surface area contributed by atoms with E-state index in [0.29, 0.717) is 16.6 Å². The number of benzene rings is 2. The molecule has 134 valence electrons. The average Bonchev–Trinajstić information content (AvgIpc) is 3.10. The molecule has 0 fully saturated rings. The Kier molecular flexibility index (Phi) is 5.52. The van der Waals surface area contributed by atoms with Gasteiger partial charge in [-0.15, -0.1) is 5.10 Å². The number of aromatic nitrogens is 4. The summed E-state index contributed by atoms with van der Waals surface area (Å²) in [7, 11) is 1.58. The van der Waals surface area contributed by atoms with Crippen LogP contribution in [0.3, 0.4) is 0 Å². The van der Waals surface area contributed by atoms with Crippen molar-refractivity contribution >= 4 is 23.4 Å². The van der Waals surface area contributed by atoms with Crippen LogP contribution < -0.4 is 10.1 Å². The molecule has 1 unspecified atom stereocenters. The van der Waals surface area contributed by atoms with Gasteiger partial charge in [0.05, 0.1) is 23.7 Å². The van der Waals surface area contributed by atoms with Gasteiger partial charge in [-0.25, -0.2) is 0 Å². The number of nitrogens with one attached hydrogen (secondary N) is 1. The van der Waals surface area contributed by atoms with Crippen molar-refractivity contribution in [1.82, 2.24) is 20.2 Å². The molecule has 7 nitrogen and oxygen atoms in total. The molecule has 1 atom stereocenters. The van der Waals surface area contributed by atoms with Crippen LogP contribution in [-0.4, -0.2) is 38.5 Å². The summed E-state index contributed by atoms with van der Waals surface area (Å²) in [5.41, 5.74) is 2.52. The number of anilines is 1. The van der Waals surface area contributed by atoms with E-state index in [2.05, 4.69) is 20.8 Å². The molecule has 26 heavy (non-hydrogen) atoms. The smallest absolute Gasteiger partial charge is 0.237 e. The molecule has 0 aliphatic carbocycles. The lowest BCUT2D eigenvalue weighted by Crippen LogP contribution is -2.23. The van der Waals surface area contributed by atoms with Gasteiger partial charge in [0, 0.05) is 0 Å². The summed E-state index contributed by atoms with van der Waals surface area (Å²) in [5.74, 6) is 0.469. The first-order valence-corrected chi connectivity index (χ1v) is 8.92. The SMILES string of the molecule is COc1ccc(C)cc1NC(=O)C(C)Sc1nnnn1-c1ccccc1. The Morgan fingerprint density at radius 3 is 2.73 bits per heavy atom. The fourth-order valence-corrected chi connectivity index (χ4v) is 3.16. The topological polar surface area (TPSA) is 81.9 Å². The number of hydrogen-bond donors (Lipinski definition) is 1. The number of para-hydroxylation sites is 1. The molecule has 1 N–H and O–H groups in total. The number of carbonyl (C=O) groups is 1. The molecule has 0 saturated carbocycles. The predicted octanol–water partition coefficient (Wildman–Crippen LogP) is 3.10. The number of carbonyl (C=O) groups excluding carboxylic acids is 1. The number of hydrogen-bond acceptors (Lipinski definition) is 6. The molecule has 8 heteroatoms. The van der Waals surface area contributed by atoms with E-state index in [1.165, 1.54) is 11.8 Å². The van der Waals surface area contributed by atoms with Gasteiger partial charge in [0.2, 0.25) is 11.1 Å². The highest BCUT2D eigenvalue weighted by molar-refractivity contribution is 8.00. The number of rotatable bonds is 6. The van der Waals surface area contributed by atoms with Gasteiger partial charge >= 0.3 is 0 Å². The zero-order chi connectivity index (χ0) is 18.5. The molecule has 0 bridgehead atoms. The predicted molar refractivity (Wildman–Crippen MR) is 101 cm³/mol. The maximum Gasteiger partial charge on any atom is 0.237 e.